The van der Waals surface area contributed by atoms with E-state index in [-0.39, 0.29) is 33.6 Å². The van der Waals surface area contributed by atoms with Crippen molar-refractivity contribution in [2.24, 2.45) is 10.2 Å². The number of nitro benzene ring substituents is 1. The fourth-order valence-electron chi connectivity index (χ4n) is 2.54. The molecule has 0 aliphatic heterocycles. The first-order valence-electron chi connectivity index (χ1n) is 8.54. The van der Waals surface area contributed by atoms with Crippen LogP contribution in [0.25, 0.3) is 0 Å². The molecule has 6 nitrogen and oxygen atoms in total. The smallest absolute Gasteiger partial charge is 0.296 e. The van der Waals surface area contributed by atoms with E-state index in [2.05, 4.69) is 31.0 Å². The summed E-state index contributed by atoms with van der Waals surface area (Å²) in [4.78, 5) is 10.6. The van der Waals surface area contributed by atoms with Crippen molar-refractivity contribution in [1.29, 1.82) is 0 Å². The van der Waals surface area contributed by atoms with Crippen molar-refractivity contribution in [3.63, 3.8) is 0 Å². The van der Waals surface area contributed by atoms with Crippen LogP contribution >= 0.6 is 11.6 Å². The summed E-state index contributed by atoms with van der Waals surface area (Å²) in [6.07, 6.45) is 0. The number of rotatable bonds is 3. The SMILES string of the molecule is CC(C)(C)c1cc(/N=N/c2cc(Cl)ccc2[N+](=O)[O-])c(O)c(C(C)(C)C)c1. The summed E-state index contributed by atoms with van der Waals surface area (Å²) < 4.78 is 0. The fourth-order valence-corrected chi connectivity index (χ4v) is 2.71. The van der Waals surface area contributed by atoms with E-state index in [1.165, 1.54) is 18.2 Å². The highest BCUT2D eigenvalue weighted by molar-refractivity contribution is 6.30. The van der Waals surface area contributed by atoms with Crippen molar-refractivity contribution >= 4 is 28.7 Å². The number of nitro groups is 1. The van der Waals surface area contributed by atoms with E-state index in [0.29, 0.717) is 5.02 Å². The molecule has 0 saturated carbocycles. The minimum atomic E-state index is -0.545. The van der Waals surface area contributed by atoms with Gasteiger partial charge in [0.2, 0.25) is 0 Å². The maximum Gasteiger partial charge on any atom is 0.296 e. The third-order valence-corrected chi connectivity index (χ3v) is 4.40. The second kappa shape index (κ2) is 7.27. The second-order valence-electron chi connectivity index (χ2n) is 8.48. The van der Waals surface area contributed by atoms with Crippen molar-refractivity contribution in [1.82, 2.24) is 0 Å². The van der Waals surface area contributed by atoms with Crippen LogP contribution in [0.15, 0.2) is 40.6 Å². The van der Waals surface area contributed by atoms with Gasteiger partial charge in [0.15, 0.2) is 5.69 Å². The van der Waals surface area contributed by atoms with Gasteiger partial charge in [0.25, 0.3) is 5.69 Å². The molecule has 0 atom stereocenters. The molecule has 2 aromatic carbocycles. The van der Waals surface area contributed by atoms with Crippen LogP contribution in [0.2, 0.25) is 5.02 Å². The minimum Gasteiger partial charge on any atom is -0.505 e. The van der Waals surface area contributed by atoms with Gasteiger partial charge in [-0.15, -0.1) is 10.2 Å². The van der Waals surface area contributed by atoms with Crippen molar-refractivity contribution in [2.75, 3.05) is 0 Å². The molecule has 2 rings (SSSR count). The Morgan fingerprint density at radius 2 is 1.56 bits per heavy atom. The summed E-state index contributed by atoms with van der Waals surface area (Å²) in [6, 6.07) is 7.80. The predicted octanol–water partition coefficient (Wildman–Crippen LogP) is 6.96. The number of hydrogen-bond acceptors (Lipinski definition) is 5. The Balaban J connectivity index is 2.64. The Bertz CT molecular complexity index is 910. The molecule has 7 heteroatoms. The molecule has 27 heavy (non-hydrogen) atoms. The average molecular weight is 390 g/mol. The Morgan fingerprint density at radius 1 is 0.963 bits per heavy atom. The molecule has 0 unspecified atom stereocenters. The zero-order valence-corrected chi connectivity index (χ0v) is 17.1. The van der Waals surface area contributed by atoms with Gasteiger partial charge in [-0.3, -0.25) is 10.1 Å². The highest BCUT2D eigenvalue weighted by Crippen LogP contribution is 2.42. The minimum absolute atomic E-state index is 0.0175. The lowest BCUT2D eigenvalue weighted by atomic mass is 9.80. The van der Waals surface area contributed by atoms with Crippen LogP contribution in [-0.2, 0) is 10.8 Å². The predicted molar refractivity (Wildman–Crippen MR) is 108 cm³/mol. The van der Waals surface area contributed by atoms with Gasteiger partial charge in [0, 0.05) is 16.7 Å². The zero-order chi connectivity index (χ0) is 20.6. The van der Waals surface area contributed by atoms with E-state index >= 15 is 0 Å². The highest BCUT2D eigenvalue weighted by Gasteiger charge is 2.25. The molecule has 0 aliphatic rings. The average Bonchev–Trinajstić information content (AvgIpc) is 2.51. The molecule has 0 aliphatic carbocycles. The van der Waals surface area contributed by atoms with E-state index in [0.717, 1.165) is 11.1 Å². The van der Waals surface area contributed by atoms with E-state index in [9.17, 15) is 15.2 Å². The Morgan fingerprint density at radius 3 is 2.07 bits per heavy atom. The summed E-state index contributed by atoms with van der Waals surface area (Å²) in [5, 5.41) is 30.3. The molecule has 0 spiro atoms. The summed E-state index contributed by atoms with van der Waals surface area (Å²) in [5.74, 6) is 0.0175. The van der Waals surface area contributed by atoms with E-state index in [4.69, 9.17) is 11.6 Å². The molecular weight excluding hydrogens is 366 g/mol. The first kappa shape index (κ1) is 20.8. The molecule has 1 N–H and O–H groups in total. The Hall–Kier alpha value is -2.47. The Labute approximate surface area is 164 Å². The molecule has 0 radical (unpaired) electrons. The standard InChI is InChI=1S/C20H24ClN3O3/c1-19(2,3)12-9-14(20(4,5)6)18(25)16(10-12)23-22-15-11-13(21)7-8-17(15)24(26)27/h7-11,25H,1-6H3/b23-22+. The summed E-state index contributed by atoms with van der Waals surface area (Å²) in [6.45, 7) is 12.2. The van der Waals surface area contributed by atoms with Gasteiger partial charge in [-0.05, 0) is 34.6 Å². The molecule has 0 fully saturated rings. The number of phenols is 1. The number of azo groups is 1. The quantitative estimate of drug-likeness (QED) is 0.349. The lowest BCUT2D eigenvalue weighted by Gasteiger charge is -2.26. The monoisotopic (exact) mass is 389 g/mol. The van der Waals surface area contributed by atoms with Crippen molar-refractivity contribution in [3.05, 3.63) is 56.6 Å². The van der Waals surface area contributed by atoms with Crippen LogP contribution in [0.3, 0.4) is 0 Å². The maximum absolute atomic E-state index is 11.2. The lowest BCUT2D eigenvalue weighted by molar-refractivity contribution is -0.384. The number of halogens is 1. The van der Waals surface area contributed by atoms with E-state index < -0.39 is 4.92 Å². The Kier molecular flexibility index (Phi) is 5.61. The van der Waals surface area contributed by atoms with Crippen molar-refractivity contribution in [2.45, 2.75) is 52.4 Å². The van der Waals surface area contributed by atoms with Gasteiger partial charge in [-0.1, -0.05) is 59.2 Å². The van der Waals surface area contributed by atoms with Gasteiger partial charge >= 0.3 is 0 Å². The van der Waals surface area contributed by atoms with Crippen LogP contribution in [0.1, 0.15) is 52.7 Å². The normalized spacial score (nSPS) is 12.6. The van der Waals surface area contributed by atoms with Gasteiger partial charge < -0.3 is 5.11 Å². The van der Waals surface area contributed by atoms with Crippen LogP contribution in [0, 0.1) is 10.1 Å². The molecule has 0 amide bonds. The fraction of sp³-hybridized carbons (Fsp3) is 0.400. The number of hydrogen-bond donors (Lipinski definition) is 1. The third-order valence-electron chi connectivity index (χ3n) is 4.16. The molecule has 0 heterocycles. The van der Waals surface area contributed by atoms with E-state index in [1.807, 2.05) is 26.8 Å². The van der Waals surface area contributed by atoms with E-state index in [1.54, 1.807) is 6.07 Å². The first-order valence-corrected chi connectivity index (χ1v) is 8.92. The third kappa shape index (κ3) is 4.83. The molecule has 0 bridgehead atoms. The van der Waals surface area contributed by atoms with Crippen LogP contribution < -0.4 is 0 Å². The van der Waals surface area contributed by atoms with Gasteiger partial charge in [-0.2, -0.15) is 0 Å². The number of nitrogens with zero attached hydrogens (tertiary/aromatic N) is 3. The molecular formula is C20H24ClN3O3. The molecule has 0 aromatic heterocycles. The topological polar surface area (TPSA) is 88.1 Å². The van der Waals surface area contributed by atoms with Crippen molar-refractivity contribution in [3.8, 4) is 5.75 Å². The summed E-state index contributed by atoms with van der Waals surface area (Å²) in [5.41, 5.74) is 1.35. The number of phenolic OH excluding ortho intramolecular Hbond substituents is 1. The summed E-state index contributed by atoms with van der Waals surface area (Å²) >= 11 is 5.93. The summed E-state index contributed by atoms with van der Waals surface area (Å²) in [7, 11) is 0. The lowest BCUT2D eigenvalue weighted by Crippen LogP contribution is -2.16. The first-order chi connectivity index (χ1) is 12.3. The van der Waals surface area contributed by atoms with Crippen molar-refractivity contribution < 1.29 is 10.0 Å². The number of aromatic hydroxyl groups is 1. The zero-order valence-electron chi connectivity index (χ0n) is 16.4. The van der Waals surface area contributed by atoms with Gasteiger partial charge in [0.1, 0.15) is 11.4 Å². The van der Waals surface area contributed by atoms with Gasteiger partial charge in [-0.25, -0.2) is 0 Å². The van der Waals surface area contributed by atoms with Crippen LogP contribution in [0.4, 0.5) is 17.1 Å². The molecule has 144 valence electrons. The maximum atomic E-state index is 11.2. The molecule has 2 aromatic rings. The van der Waals surface area contributed by atoms with Crippen LogP contribution in [0.5, 0.6) is 5.75 Å². The van der Waals surface area contributed by atoms with Crippen LogP contribution in [-0.4, -0.2) is 10.0 Å². The van der Waals surface area contributed by atoms with Gasteiger partial charge in [0.05, 0.1) is 4.92 Å². The highest BCUT2D eigenvalue weighted by atomic mass is 35.5. The second-order valence-corrected chi connectivity index (χ2v) is 8.92. The largest absolute Gasteiger partial charge is 0.505 e. The molecule has 0 saturated heterocycles. The number of benzene rings is 2.